The number of likely N-dealkylation sites (tertiary alicyclic amines) is 1. The number of benzene rings is 1. The van der Waals surface area contributed by atoms with Crippen LogP contribution in [0.25, 0.3) is 0 Å². The van der Waals surface area contributed by atoms with Gasteiger partial charge in [0.2, 0.25) is 0 Å². The number of morpholine rings is 1. The second kappa shape index (κ2) is 13.2. The molecular formula is C28H35N3O5S. The average Bonchev–Trinajstić information content (AvgIpc) is 3.37. The number of ether oxygens (including phenoxy) is 2. The lowest BCUT2D eigenvalue weighted by atomic mass is 9.89. The van der Waals surface area contributed by atoms with Crippen molar-refractivity contribution in [3.05, 3.63) is 51.5 Å². The fourth-order valence-electron chi connectivity index (χ4n) is 4.88. The molecule has 8 nitrogen and oxygen atoms in total. The van der Waals surface area contributed by atoms with Crippen molar-refractivity contribution in [1.82, 2.24) is 14.8 Å². The first-order chi connectivity index (χ1) is 18.0. The molecule has 9 heteroatoms. The number of hydrogen-bond acceptors (Lipinski definition) is 7. The van der Waals surface area contributed by atoms with Crippen LogP contribution in [0.3, 0.4) is 0 Å². The molecule has 37 heavy (non-hydrogen) atoms. The van der Waals surface area contributed by atoms with E-state index >= 15 is 0 Å². The van der Waals surface area contributed by atoms with Crippen molar-refractivity contribution in [2.24, 2.45) is 0 Å². The van der Waals surface area contributed by atoms with Crippen LogP contribution in [-0.2, 0) is 27.1 Å². The summed E-state index contributed by atoms with van der Waals surface area (Å²) < 4.78 is 11.7. The molecule has 1 aromatic carbocycles. The first-order valence-electron chi connectivity index (χ1n) is 12.9. The topological polar surface area (TPSA) is 92.2 Å². The molecular weight excluding hydrogens is 490 g/mol. The highest BCUT2D eigenvalue weighted by molar-refractivity contribution is 7.10. The van der Waals surface area contributed by atoms with Gasteiger partial charge in [-0.05, 0) is 49.7 Å². The van der Waals surface area contributed by atoms with E-state index in [9.17, 15) is 9.59 Å². The third-order valence-corrected chi connectivity index (χ3v) is 7.72. The summed E-state index contributed by atoms with van der Waals surface area (Å²) in [7, 11) is 0. The second-order valence-corrected chi connectivity index (χ2v) is 10.4. The number of carboxylic acids is 1. The quantitative estimate of drug-likeness (QED) is 0.376. The third-order valence-electron chi connectivity index (χ3n) is 6.96. The van der Waals surface area contributed by atoms with Gasteiger partial charge in [0, 0.05) is 31.6 Å². The lowest BCUT2D eigenvalue weighted by Crippen LogP contribution is -2.58. The summed E-state index contributed by atoms with van der Waals surface area (Å²) in [6, 6.07) is 8.54. The van der Waals surface area contributed by atoms with Gasteiger partial charge in [-0.3, -0.25) is 9.59 Å². The molecule has 198 valence electrons. The minimum absolute atomic E-state index is 0.0299. The normalized spacial score (nSPS) is 17.4. The number of rotatable bonds is 10. The van der Waals surface area contributed by atoms with E-state index in [1.807, 2.05) is 4.90 Å². The van der Waals surface area contributed by atoms with Crippen molar-refractivity contribution in [3.8, 4) is 11.8 Å². The molecule has 0 aliphatic carbocycles. The van der Waals surface area contributed by atoms with Gasteiger partial charge in [0.25, 0.3) is 5.91 Å². The van der Waals surface area contributed by atoms with Crippen LogP contribution in [-0.4, -0.2) is 89.9 Å². The maximum atomic E-state index is 13.0. The molecule has 1 N–H and O–H groups in total. The van der Waals surface area contributed by atoms with Gasteiger partial charge in [-0.15, -0.1) is 11.3 Å². The maximum absolute atomic E-state index is 13.0. The fraction of sp³-hybridized carbons (Fsp3) is 0.536. The van der Waals surface area contributed by atoms with E-state index in [1.54, 1.807) is 12.3 Å². The van der Waals surface area contributed by atoms with Gasteiger partial charge < -0.3 is 24.4 Å². The molecule has 0 bridgehead atoms. The molecule has 1 amide bonds. The lowest BCUT2D eigenvalue weighted by molar-refractivity contribution is -0.138. The number of amides is 1. The predicted molar refractivity (Wildman–Crippen MR) is 142 cm³/mol. The monoisotopic (exact) mass is 525 g/mol. The molecule has 0 unspecified atom stereocenters. The van der Waals surface area contributed by atoms with E-state index in [-0.39, 0.29) is 24.5 Å². The van der Waals surface area contributed by atoms with E-state index in [2.05, 4.69) is 46.0 Å². The van der Waals surface area contributed by atoms with Crippen molar-refractivity contribution in [3.63, 3.8) is 0 Å². The Bertz CT molecular complexity index is 1130. The summed E-state index contributed by atoms with van der Waals surface area (Å²) in [5.41, 5.74) is 2.71. The number of carboxylic acid groups (broad SMARTS) is 1. The van der Waals surface area contributed by atoms with Crippen molar-refractivity contribution < 1.29 is 24.2 Å². The summed E-state index contributed by atoms with van der Waals surface area (Å²) in [6.07, 6.45) is 3.61. The summed E-state index contributed by atoms with van der Waals surface area (Å²) >= 11 is 1.41. The molecule has 2 fully saturated rings. The Kier molecular flexibility index (Phi) is 9.69. The van der Waals surface area contributed by atoms with Crippen molar-refractivity contribution in [2.45, 2.75) is 44.6 Å². The van der Waals surface area contributed by atoms with Crippen LogP contribution in [0.1, 0.15) is 52.8 Å². The Morgan fingerprint density at radius 2 is 1.97 bits per heavy atom. The summed E-state index contributed by atoms with van der Waals surface area (Å²) in [5.74, 6) is 4.89. The Labute approximate surface area is 222 Å². The molecule has 0 saturated carbocycles. The Balaban J connectivity index is 1.22. The molecule has 2 aliphatic rings. The standard InChI is InChI=1S/C28H35N3O5S/c1-2-4-25-29-24(20-37-25)27(34)31-15-18-36-28(21-31)10-13-30(14-11-28)12-7-22-5-3-6-23(19-22)8-16-35-17-9-26(32)33/h3,5-6,19-20H,7-18,21H2,1H3,(H,32,33). The Hall–Kier alpha value is -2.77. The number of nitrogens with zero attached hydrogens (tertiary/aromatic N) is 3. The zero-order valence-electron chi connectivity index (χ0n) is 21.4. The van der Waals surface area contributed by atoms with Crippen LogP contribution in [0, 0.1) is 11.8 Å². The highest BCUT2D eigenvalue weighted by Crippen LogP contribution is 2.31. The molecule has 3 heterocycles. The first kappa shape index (κ1) is 27.3. The smallest absolute Gasteiger partial charge is 0.305 e. The van der Waals surface area contributed by atoms with Gasteiger partial charge in [-0.1, -0.05) is 30.2 Å². The molecule has 1 aromatic heterocycles. The van der Waals surface area contributed by atoms with Crippen molar-refractivity contribution >= 4 is 23.2 Å². The molecule has 4 rings (SSSR count). The fourth-order valence-corrected chi connectivity index (χ4v) is 5.57. The molecule has 2 aromatic rings. The first-order valence-corrected chi connectivity index (χ1v) is 13.8. The summed E-state index contributed by atoms with van der Waals surface area (Å²) in [4.78, 5) is 32.4. The zero-order chi connectivity index (χ0) is 26.1. The van der Waals surface area contributed by atoms with E-state index in [0.717, 1.165) is 45.3 Å². The predicted octanol–water partition coefficient (Wildman–Crippen LogP) is 3.10. The van der Waals surface area contributed by atoms with Gasteiger partial charge in [-0.2, -0.15) is 0 Å². The highest BCUT2D eigenvalue weighted by atomic mass is 32.1. The number of thiazole rings is 1. The van der Waals surface area contributed by atoms with Crippen LogP contribution >= 0.6 is 11.3 Å². The molecule has 0 radical (unpaired) electrons. The zero-order valence-corrected chi connectivity index (χ0v) is 22.2. The van der Waals surface area contributed by atoms with Crippen LogP contribution in [0.2, 0.25) is 0 Å². The van der Waals surface area contributed by atoms with E-state index < -0.39 is 5.97 Å². The number of hydrogen-bond donors (Lipinski definition) is 1. The van der Waals surface area contributed by atoms with Crippen LogP contribution < -0.4 is 0 Å². The van der Waals surface area contributed by atoms with Crippen LogP contribution in [0.4, 0.5) is 0 Å². The molecule has 1 spiro atoms. The number of carbonyl (C=O) groups is 2. The minimum atomic E-state index is -0.834. The van der Waals surface area contributed by atoms with Crippen LogP contribution in [0.5, 0.6) is 0 Å². The summed E-state index contributed by atoms with van der Waals surface area (Å²) in [5, 5.41) is 11.2. The lowest BCUT2D eigenvalue weighted by Gasteiger charge is -2.47. The average molecular weight is 526 g/mol. The van der Waals surface area contributed by atoms with E-state index in [0.29, 0.717) is 37.0 Å². The number of aliphatic carboxylic acids is 1. The van der Waals surface area contributed by atoms with Crippen molar-refractivity contribution in [1.29, 1.82) is 0 Å². The number of aromatic nitrogens is 1. The minimum Gasteiger partial charge on any atom is -0.481 e. The Morgan fingerprint density at radius 3 is 2.73 bits per heavy atom. The van der Waals surface area contributed by atoms with Gasteiger partial charge in [-0.25, -0.2) is 4.98 Å². The maximum Gasteiger partial charge on any atom is 0.305 e. The molecule has 0 atom stereocenters. The van der Waals surface area contributed by atoms with E-state index in [1.165, 1.54) is 22.5 Å². The number of carbonyl (C=O) groups excluding carboxylic acids is 1. The van der Waals surface area contributed by atoms with Gasteiger partial charge in [0.05, 0.1) is 38.4 Å². The van der Waals surface area contributed by atoms with Crippen molar-refractivity contribution in [2.75, 3.05) is 52.5 Å². The van der Waals surface area contributed by atoms with Gasteiger partial charge >= 0.3 is 5.97 Å². The number of piperidine rings is 1. The molecule has 2 aliphatic heterocycles. The Morgan fingerprint density at radius 1 is 1.19 bits per heavy atom. The SMILES string of the molecule is CC#Cc1nc(C(=O)N2CCOC3(CCN(CCc4cccc(CCOCCC(=O)O)c4)CC3)C2)cs1. The third kappa shape index (κ3) is 7.86. The van der Waals surface area contributed by atoms with Gasteiger partial charge in [0.15, 0.2) is 5.01 Å². The highest BCUT2D eigenvalue weighted by Gasteiger charge is 2.41. The largest absolute Gasteiger partial charge is 0.481 e. The van der Waals surface area contributed by atoms with Crippen LogP contribution in [0.15, 0.2) is 29.6 Å². The van der Waals surface area contributed by atoms with Gasteiger partial charge in [0.1, 0.15) is 5.69 Å². The van der Waals surface area contributed by atoms with E-state index in [4.69, 9.17) is 14.6 Å². The summed E-state index contributed by atoms with van der Waals surface area (Å²) in [6.45, 7) is 7.20. The molecule has 2 saturated heterocycles. The second-order valence-electron chi connectivity index (χ2n) is 9.59.